The Labute approximate surface area is 98.4 Å². The summed E-state index contributed by atoms with van der Waals surface area (Å²) >= 11 is 0. The van der Waals surface area contributed by atoms with Gasteiger partial charge in [-0.2, -0.15) is 0 Å². The number of nitrogens with zero attached hydrogens (tertiary/aromatic N) is 2. The maximum atomic E-state index is 10.8. The van der Waals surface area contributed by atoms with Crippen LogP contribution in [0.4, 0.5) is 0 Å². The third kappa shape index (κ3) is 2.69. The SMILES string of the molecule is CC(=O)O[C@H](C)c1cc(-c2ccncc2)no1. The van der Waals surface area contributed by atoms with Gasteiger partial charge in [-0.25, -0.2) is 0 Å². The lowest BCUT2D eigenvalue weighted by atomic mass is 10.2. The van der Waals surface area contributed by atoms with Crippen LogP contribution in [0.3, 0.4) is 0 Å². The van der Waals surface area contributed by atoms with Gasteiger partial charge in [0.25, 0.3) is 0 Å². The van der Waals surface area contributed by atoms with E-state index in [9.17, 15) is 4.79 Å². The first-order valence-electron chi connectivity index (χ1n) is 5.21. The molecule has 0 bridgehead atoms. The summed E-state index contributed by atoms with van der Waals surface area (Å²) in [6.45, 7) is 3.09. The second-order valence-electron chi connectivity index (χ2n) is 3.60. The highest BCUT2D eigenvalue weighted by Crippen LogP contribution is 2.23. The van der Waals surface area contributed by atoms with E-state index in [0.717, 1.165) is 5.56 Å². The Hall–Kier alpha value is -2.17. The van der Waals surface area contributed by atoms with Gasteiger partial charge in [0.15, 0.2) is 11.9 Å². The summed E-state index contributed by atoms with van der Waals surface area (Å²) in [7, 11) is 0. The minimum Gasteiger partial charge on any atom is -0.455 e. The average molecular weight is 232 g/mol. The molecular weight excluding hydrogens is 220 g/mol. The van der Waals surface area contributed by atoms with Crippen molar-refractivity contribution in [1.82, 2.24) is 10.1 Å². The summed E-state index contributed by atoms with van der Waals surface area (Å²) in [4.78, 5) is 14.7. The molecule has 0 unspecified atom stereocenters. The normalized spacial score (nSPS) is 12.1. The van der Waals surface area contributed by atoms with Crippen LogP contribution >= 0.6 is 0 Å². The van der Waals surface area contributed by atoms with Crippen molar-refractivity contribution in [2.75, 3.05) is 0 Å². The quantitative estimate of drug-likeness (QED) is 0.760. The summed E-state index contributed by atoms with van der Waals surface area (Å²) in [6.07, 6.45) is 2.92. The Morgan fingerprint density at radius 1 is 1.41 bits per heavy atom. The van der Waals surface area contributed by atoms with Crippen molar-refractivity contribution >= 4 is 5.97 Å². The van der Waals surface area contributed by atoms with Crippen molar-refractivity contribution in [3.05, 3.63) is 36.4 Å². The second kappa shape index (κ2) is 4.78. The van der Waals surface area contributed by atoms with Crippen LogP contribution in [0.1, 0.15) is 25.7 Å². The predicted molar refractivity (Wildman–Crippen MR) is 59.9 cm³/mol. The van der Waals surface area contributed by atoms with Crippen molar-refractivity contribution in [1.29, 1.82) is 0 Å². The summed E-state index contributed by atoms with van der Waals surface area (Å²) in [5, 5.41) is 3.92. The Balaban J connectivity index is 2.19. The number of pyridine rings is 1. The molecule has 0 aliphatic heterocycles. The van der Waals surface area contributed by atoms with Gasteiger partial charge in [0.1, 0.15) is 5.69 Å². The molecule has 2 rings (SSSR count). The number of hydrogen-bond donors (Lipinski definition) is 0. The number of carbonyl (C=O) groups is 1. The van der Waals surface area contributed by atoms with Gasteiger partial charge in [0, 0.05) is 30.9 Å². The Morgan fingerprint density at radius 3 is 2.76 bits per heavy atom. The molecule has 0 aromatic carbocycles. The van der Waals surface area contributed by atoms with Gasteiger partial charge in [0.2, 0.25) is 0 Å². The first kappa shape index (κ1) is 11.3. The molecule has 2 heterocycles. The highest BCUT2D eigenvalue weighted by Gasteiger charge is 2.15. The van der Waals surface area contributed by atoms with E-state index in [1.54, 1.807) is 25.4 Å². The molecule has 5 heteroatoms. The molecule has 17 heavy (non-hydrogen) atoms. The van der Waals surface area contributed by atoms with Crippen LogP contribution in [0, 0.1) is 0 Å². The van der Waals surface area contributed by atoms with E-state index < -0.39 is 6.10 Å². The molecule has 5 nitrogen and oxygen atoms in total. The van der Waals surface area contributed by atoms with Crippen LogP contribution in [-0.4, -0.2) is 16.1 Å². The first-order chi connectivity index (χ1) is 8.16. The Kier molecular flexibility index (Phi) is 3.18. The number of ether oxygens (including phenoxy) is 1. The number of aromatic nitrogens is 2. The van der Waals surface area contributed by atoms with Gasteiger partial charge in [-0.1, -0.05) is 5.16 Å². The number of rotatable bonds is 3. The third-order valence-electron chi connectivity index (χ3n) is 2.25. The first-order valence-corrected chi connectivity index (χ1v) is 5.21. The van der Waals surface area contributed by atoms with Gasteiger partial charge in [-0.15, -0.1) is 0 Å². The van der Waals surface area contributed by atoms with E-state index in [-0.39, 0.29) is 5.97 Å². The van der Waals surface area contributed by atoms with Crippen molar-refractivity contribution in [2.24, 2.45) is 0 Å². The smallest absolute Gasteiger partial charge is 0.303 e. The lowest BCUT2D eigenvalue weighted by Crippen LogP contribution is -2.03. The topological polar surface area (TPSA) is 65.2 Å². The molecule has 0 aliphatic carbocycles. The predicted octanol–water partition coefficient (Wildman–Crippen LogP) is 2.36. The molecule has 0 fully saturated rings. The van der Waals surface area contributed by atoms with Crippen molar-refractivity contribution in [3.63, 3.8) is 0 Å². The molecule has 2 aromatic heterocycles. The molecule has 1 atom stereocenters. The van der Waals surface area contributed by atoms with Gasteiger partial charge < -0.3 is 9.26 Å². The standard InChI is InChI=1S/C12H12N2O3/c1-8(16-9(2)15)12-7-11(14-17-12)10-3-5-13-6-4-10/h3-8H,1-2H3/t8-/m1/s1. The molecule has 0 aliphatic rings. The Bertz CT molecular complexity index is 507. The molecule has 0 radical (unpaired) electrons. The highest BCUT2D eigenvalue weighted by atomic mass is 16.6. The molecule has 0 N–H and O–H groups in total. The van der Waals surface area contributed by atoms with Gasteiger partial charge >= 0.3 is 5.97 Å². The maximum Gasteiger partial charge on any atom is 0.303 e. The monoisotopic (exact) mass is 232 g/mol. The molecule has 88 valence electrons. The lowest BCUT2D eigenvalue weighted by Gasteiger charge is -2.06. The van der Waals surface area contributed by atoms with Crippen LogP contribution in [0.5, 0.6) is 0 Å². The summed E-state index contributed by atoms with van der Waals surface area (Å²) in [5.74, 6) is 0.173. The van der Waals surface area contributed by atoms with Gasteiger partial charge in [-0.05, 0) is 19.1 Å². The van der Waals surface area contributed by atoms with Crippen LogP contribution in [0.15, 0.2) is 35.1 Å². The van der Waals surface area contributed by atoms with E-state index in [1.165, 1.54) is 6.92 Å². The molecule has 0 spiro atoms. The second-order valence-corrected chi connectivity index (χ2v) is 3.60. The third-order valence-corrected chi connectivity index (χ3v) is 2.25. The zero-order valence-corrected chi connectivity index (χ0v) is 9.58. The largest absolute Gasteiger partial charge is 0.455 e. The van der Waals surface area contributed by atoms with Crippen molar-refractivity contribution in [3.8, 4) is 11.3 Å². The molecule has 0 saturated heterocycles. The minimum atomic E-state index is -0.435. The van der Waals surface area contributed by atoms with Crippen LogP contribution in [-0.2, 0) is 9.53 Å². The van der Waals surface area contributed by atoms with Crippen LogP contribution < -0.4 is 0 Å². The van der Waals surface area contributed by atoms with Crippen LogP contribution in [0.2, 0.25) is 0 Å². The average Bonchev–Trinajstić information content (AvgIpc) is 2.78. The summed E-state index contributed by atoms with van der Waals surface area (Å²) in [5.41, 5.74) is 1.60. The fraction of sp³-hybridized carbons (Fsp3) is 0.250. The highest BCUT2D eigenvalue weighted by molar-refractivity contribution is 5.66. The van der Waals surface area contributed by atoms with E-state index >= 15 is 0 Å². The zero-order valence-electron chi connectivity index (χ0n) is 9.58. The summed E-state index contributed by atoms with van der Waals surface area (Å²) < 4.78 is 10.1. The number of carbonyl (C=O) groups excluding carboxylic acids is 1. The maximum absolute atomic E-state index is 10.8. The molecule has 2 aromatic rings. The van der Waals surface area contributed by atoms with Gasteiger partial charge in [0.05, 0.1) is 0 Å². The van der Waals surface area contributed by atoms with Crippen LogP contribution in [0.25, 0.3) is 11.3 Å². The fourth-order valence-corrected chi connectivity index (χ4v) is 1.45. The molecule has 0 amide bonds. The number of hydrogen-bond acceptors (Lipinski definition) is 5. The van der Waals surface area contributed by atoms with E-state index in [1.807, 2.05) is 12.1 Å². The fourth-order valence-electron chi connectivity index (χ4n) is 1.45. The number of esters is 1. The minimum absolute atomic E-state index is 0.348. The summed E-state index contributed by atoms with van der Waals surface area (Å²) in [6, 6.07) is 5.42. The Morgan fingerprint density at radius 2 is 2.12 bits per heavy atom. The lowest BCUT2D eigenvalue weighted by molar-refractivity contribution is -0.146. The van der Waals surface area contributed by atoms with E-state index in [0.29, 0.717) is 11.5 Å². The molecular formula is C12H12N2O3. The van der Waals surface area contributed by atoms with E-state index in [4.69, 9.17) is 9.26 Å². The van der Waals surface area contributed by atoms with Crippen molar-refractivity contribution < 1.29 is 14.1 Å². The van der Waals surface area contributed by atoms with Gasteiger partial charge in [-0.3, -0.25) is 9.78 Å². The van der Waals surface area contributed by atoms with E-state index in [2.05, 4.69) is 10.1 Å². The molecule has 0 saturated carbocycles. The zero-order chi connectivity index (χ0) is 12.3. The van der Waals surface area contributed by atoms with Crippen molar-refractivity contribution in [2.45, 2.75) is 20.0 Å².